The molecule has 0 fully saturated rings. The number of hydrogen-bond acceptors (Lipinski definition) is 8. The van der Waals surface area contributed by atoms with E-state index in [1.807, 2.05) is 27.7 Å². The number of urea groups is 2. The average molecular weight is 656 g/mol. The molecule has 0 saturated carbocycles. The minimum absolute atomic E-state index is 0.00999. The van der Waals surface area contributed by atoms with Gasteiger partial charge in [0.1, 0.15) is 5.75 Å². The van der Waals surface area contributed by atoms with Crippen LogP contribution in [0.2, 0.25) is 0 Å². The normalized spacial score (nSPS) is 20.8. The van der Waals surface area contributed by atoms with Crippen LogP contribution in [-0.4, -0.2) is 97.3 Å². The summed E-state index contributed by atoms with van der Waals surface area (Å²) in [6.45, 7) is 10.5. The minimum Gasteiger partial charge on any atom is -0.490 e. The molecule has 13 heteroatoms. The van der Waals surface area contributed by atoms with Crippen LogP contribution >= 0.6 is 0 Å². The van der Waals surface area contributed by atoms with Gasteiger partial charge in [-0.05, 0) is 77.3 Å². The van der Waals surface area contributed by atoms with Gasteiger partial charge in [0.2, 0.25) is 6.79 Å². The number of rotatable bonds is 7. The van der Waals surface area contributed by atoms with Crippen LogP contribution in [0.15, 0.2) is 36.4 Å². The van der Waals surface area contributed by atoms with E-state index in [1.54, 1.807) is 60.2 Å². The number of carbonyl (C=O) groups is 3. The van der Waals surface area contributed by atoms with E-state index in [0.29, 0.717) is 41.8 Å². The number of nitrogens with one attached hydrogen (secondary N) is 3. The number of hydrogen-bond donors (Lipinski definition) is 4. The Morgan fingerprint density at radius 3 is 2.38 bits per heavy atom. The Kier molecular flexibility index (Phi) is 12.5. The summed E-state index contributed by atoms with van der Waals surface area (Å²) in [5.74, 6) is 0.982. The summed E-state index contributed by atoms with van der Waals surface area (Å²) in [5.41, 5.74) is 1.16. The van der Waals surface area contributed by atoms with Crippen molar-refractivity contribution in [2.24, 2.45) is 5.92 Å². The summed E-state index contributed by atoms with van der Waals surface area (Å²) in [6, 6.07) is 8.81. The highest BCUT2D eigenvalue weighted by Crippen LogP contribution is 2.34. The number of aliphatic hydroxyl groups excluding tert-OH is 1. The highest BCUT2D eigenvalue weighted by atomic mass is 16.7. The molecule has 0 unspecified atom stereocenters. The number of ether oxygens (including phenoxy) is 4. The first-order valence-electron chi connectivity index (χ1n) is 16.3. The third kappa shape index (κ3) is 9.88. The molecule has 0 spiro atoms. The molecule has 0 aromatic heterocycles. The second kappa shape index (κ2) is 16.6. The predicted molar refractivity (Wildman–Crippen MR) is 178 cm³/mol. The van der Waals surface area contributed by atoms with Crippen molar-refractivity contribution in [1.29, 1.82) is 0 Å². The molecule has 2 aromatic carbocycles. The average Bonchev–Trinajstić information content (AvgIpc) is 3.50. The zero-order valence-corrected chi connectivity index (χ0v) is 28.2. The van der Waals surface area contributed by atoms with E-state index in [4.69, 9.17) is 18.9 Å². The lowest BCUT2D eigenvalue weighted by Gasteiger charge is -2.36. The molecule has 0 radical (unpaired) electrons. The lowest BCUT2D eigenvalue weighted by atomic mass is 10.0. The van der Waals surface area contributed by atoms with E-state index in [9.17, 15) is 19.5 Å². The topological polar surface area (TPSA) is 151 Å². The highest BCUT2D eigenvalue weighted by Gasteiger charge is 2.31. The summed E-state index contributed by atoms with van der Waals surface area (Å²) >= 11 is 0. The molecular formula is C34H49N5O8. The van der Waals surface area contributed by atoms with E-state index < -0.39 is 12.1 Å². The molecular weight excluding hydrogens is 606 g/mol. The van der Waals surface area contributed by atoms with Gasteiger partial charge < -0.3 is 49.8 Å². The smallest absolute Gasteiger partial charge is 0.323 e. The Balaban J connectivity index is 1.58. The maximum Gasteiger partial charge on any atom is 0.323 e. The van der Waals surface area contributed by atoms with Gasteiger partial charge in [-0.15, -0.1) is 0 Å². The molecule has 47 heavy (non-hydrogen) atoms. The van der Waals surface area contributed by atoms with Gasteiger partial charge in [-0.1, -0.05) is 6.92 Å². The van der Waals surface area contributed by atoms with Crippen LogP contribution in [0.3, 0.4) is 0 Å². The van der Waals surface area contributed by atoms with Crippen LogP contribution in [-0.2, 0) is 4.74 Å². The van der Waals surface area contributed by atoms with Gasteiger partial charge >= 0.3 is 12.1 Å². The fourth-order valence-electron chi connectivity index (χ4n) is 5.44. The van der Waals surface area contributed by atoms with Crippen LogP contribution in [0.5, 0.6) is 17.2 Å². The van der Waals surface area contributed by atoms with Crippen molar-refractivity contribution in [3.63, 3.8) is 0 Å². The third-order valence-electron chi connectivity index (χ3n) is 8.15. The minimum atomic E-state index is -0.531. The van der Waals surface area contributed by atoms with E-state index in [-0.39, 0.29) is 61.6 Å². The summed E-state index contributed by atoms with van der Waals surface area (Å²) < 4.78 is 23.3. The second-order valence-electron chi connectivity index (χ2n) is 12.6. The standard InChI is InChI=1S/C34H49N5O8/c1-21(2)35-34(43)38(6)18-31-22(3)17-39(23(4)19-40)32(41)27-15-25(10-12-28(27)47-24(5)9-7-8-14-44-31)36-33(42)37-26-11-13-29-30(16-26)46-20-45-29/h10-13,15-16,21-24,31,40H,7-9,14,17-20H2,1-6H3,(H,35,43)(H2,36,37,42)/t22-,23+,24-,31+/m1/s1. The van der Waals surface area contributed by atoms with Gasteiger partial charge in [0.05, 0.1) is 30.4 Å². The quantitative estimate of drug-likeness (QED) is 0.329. The van der Waals surface area contributed by atoms with Crippen LogP contribution in [0.4, 0.5) is 21.0 Å². The largest absolute Gasteiger partial charge is 0.490 e. The van der Waals surface area contributed by atoms with E-state index in [0.717, 1.165) is 19.3 Å². The molecule has 2 aliphatic heterocycles. The predicted octanol–water partition coefficient (Wildman–Crippen LogP) is 4.90. The highest BCUT2D eigenvalue weighted by molar-refractivity contribution is 6.02. The Morgan fingerprint density at radius 1 is 1.00 bits per heavy atom. The van der Waals surface area contributed by atoms with Gasteiger partial charge in [-0.2, -0.15) is 0 Å². The molecule has 4 N–H and O–H groups in total. The molecule has 13 nitrogen and oxygen atoms in total. The number of likely N-dealkylation sites (N-methyl/N-ethyl adjacent to an activating group) is 1. The Morgan fingerprint density at radius 2 is 1.68 bits per heavy atom. The number of nitrogens with zero attached hydrogens (tertiary/aromatic N) is 2. The molecule has 0 saturated heterocycles. The van der Waals surface area contributed by atoms with Gasteiger partial charge in [-0.3, -0.25) is 4.79 Å². The number of anilines is 2. The first-order chi connectivity index (χ1) is 22.4. The van der Waals surface area contributed by atoms with Gasteiger partial charge in [0.25, 0.3) is 5.91 Å². The summed E-state index contributed by atoms with van der Waals surface area (Å²) in [7, 11) is 1.73. The first-order valence-corrected chi connectivity index (χ1v) is 16.3. The number of amides is 5. The monoisotopic (exact) mass is 655 g/mol. The summed E-state index contributed by atoms with van der Waals surface area (Å²) in [5, 5.41) is 18.7. The molecule has 0 aliphatic carbocycles. The molecule has 2 heterocycles. The molecule has 258 valence electrons. The third-order valence-corrected chi connectivity index (χ3v) is 8.15. The van der Waals surface area contributed by atoms with Crippen molar-refractivity contribution in [1.82, 2.24) is 15.1 Å². The van der Waals surface area contributed by atoms with Crippen LogP contribution < -0.4 is 30.2 Å². The van der Waals surface area contributed by atoms with Crippen molar-refractivity contribution in [2.75, 3.05) is 50.8 Å². The number of benzene rings is 2. The Labute approximate surface area is 276 Å². The Bertz CT molecular complexity index is 1390. The van der Waals surface area contributed by atoms with Crippen LogP contribution in [0.1, 0.15) is 64.2 Å². The van der Waals surface area contributed by atoms with Gasteiger partial charge in [0.15, 0.2) is 11.5 Å². The summed E-state index contributed by atoms with van der Waals surface area (Å²) in [4.78, 5) is 43.2. The SMILES string of the molecule is CC(C)NC(=O)N(C)C[C@@H]1OCCCC[C@@H](C)Oc2ccc(NC(=O)Nc3ccc4c(c3)OCO4)cc2C(=O)N([C@@H](C)CO)C[C@H]1C. The van der Waals surface area contributed by atoms with Gasteiger partial charge in [0, 0.05) is 56.1 Å². The van der Waals surface area contributed by atoms with E-state index >= 15 is 0 Å². The zero-order valence-electron chi connectivity index (χ0n) is 28.2. The van der Waals surface area contributed by atoms with Crippen molar-refractivity contribution < 1.29 is 38.4 Å². The molecule has 5 amide bonds. The maximum atomic E-state index is 14.3. The summed E-state index contributed by atoms with van der Waals surface area (Å²) in [6.07, 6.45) is 1.85. The molecule has 2 aromatic rings. The van der Waals surface area contributed by atoms with Crippen LogP contribution in [0.25, 0.3) is 0 Å². The van der Waals surface area contributed by atoms with Crippen molar-refractivity contribution >= 4 is 29.3 Å². The number of carbonyl (C=O) groups excluding carboxylic acids is 3. The van der Waals surface area contributed by atoms with E-state index in [1.165, 1.54) is 0 Å². The molecule has 4 rings (SSSR count). The fourth-order valence-corrected chi connectivity index (χ4v) is 5.44. The van der Waals surface area contributed by atoms with Crippen molar-refractivity contribution in [3.8, 4) is 17.2 Å². The van der Waals surface area contributed by atoms with Crippen LogP contribution in [0, 0.1) is 5.92 Å². The second-order valence-corrected chi connectivity index (χ2v) is 12.6. The van der Waals surface area contributed by atoms with Crippen molar-refractivity contribution in [2.45, 2.75) is 78.2 Å². The first kappa shape index (κ1) is 35.6. The molecule has 4 atom stereocenters. The fraction of sp³-hybridized carbons (Fsp3) is 0.559. The maximum absolute atomic E-state index is 14.3. The number of fused-ring (bicyclic) bond motifs is 2. The lowest BCUT2D eigenvalue weighted by molar-refractivity contribution is -0.0122. The molecule has 2 aliphatic rings. The number of aliphatic hydroxyl groups is 1. The zero-order chi connectivity index (χ0) is 34.1. The van der Waals surface area contributed by atoms with E-state index in [2.05, 4.69) is 16.0 Å². The van der Waals surface area contributed by atoms with Gasteiger partial charge in [-0.25, -0.2) is 9.59 Å². The van der Waals surface area contributed by atoms with Crippen molar-refractivity contribution in [3.05, 3.63) is 42.0 Å². The lowest BCUT2D eigenvalue weighted by Crippen LogP contribution is -2.49. The molecule has 0 bridgehead atoms. The Hall–Kier alpha value is -4.23.